The van der Waals surface area contributed by atoms with Gasteiger partial charge in [-0.2, -0.15) is 0 Å². The number of carboxylic acids is 1. The normalized spacial score (nSPS) is 12.2. The number of amides is 2. The first kappa shape index (κ1) is 15.7. The number of urea groups is 1. The minimum absolute atomic E-state index is 0.378. The Morgan fingerprint density at radius 1 is 1.29 bits per heavy atom. The zero-order valence-electron chi connectivity index (χ0n) is 10.8. The van der Waals surface area contributed by atoms with Gasteiger partial charge in [0.05, 0.1) is 0 Å². The van der Waals surface area contributed by atoms with Crippen LogP contribution in [0.25, 0.3) is 0 Å². The highest BCUT2D eigenvalue weighted by molar-refractivity contribution is 5.82. The summed E-state index contributed by atoms with van der Waals surface area (Å²) in [5.41, 5.74) is 0. The molecule has 0 aromatic heterocycles. The van der Waals surface area contributed by atoms with E-state index in [0.29, 0.717) is 13.0 Å². The van der Waals surface area contributed by atoms with Gasteiger partial charge in [0, 0.05) is 6.54 Å². The lowest BCUT2D eigenvalue weighted by atomic mass is 10.2. The predicted molar refractivity (Wildman–Crippen MR) is 66.0 cm³/mol. The lowest BCUT2D eigenvalue weighted by Crippen LogP contribution is -2.45. The largest absolute Gasteiger partial charge is 0.480 e. The van der Waals surface area contributed by atoms with Gasteiger partial charge < -0.3 is 20.6 Å². The van der Waals surface area contributed by atoms with Crippen molar-refractivity contribution in [2.75, 3.05) is 27.2 Å². The van der Waals surface area contributed by atoms with Crippen molar-refractivity contribution in [3.05, 3.63) is 0 Å². The Hall–Kier alpha value is -1.30. The minimum Gasteiger partial charge on any atom is -0.480 e. The average Bonchev–Trinajstić information content (AvgIpc) is 2.24. The number of rotatable bonds is 8. The van der Waals surface area contributed by atoms with E-state index in [0.717, 1.165) is 19.4 Å². The molecule has 3 N–H and O–H groups in total. The van der Waals surface area contributed by atoms with E-state index < -0.39 is 18.0 Å². The van der Waals surface area contributed by atoms with Crippen LogP contribution in [0.2, 0.25) is 0 Å². The third-order valence-electron chi connectivity index (χ3n) is 2.33. The summed E-state index contributed by atoms with van der Waals surface area (Å²) >= 11 is 0. The summed E-state index contributed by atoms with van der Waals surface area (Å²) in [6.07, 6.45) is 2.27. The van der Waals surface area contributed by atoms with E-state index >= 15 is 0 Å². The highest BCUT2D eigenvalue weighted by Gasteiger charge is 2.16. The van der Waals surface area contributed by atoms with Crippen molar-refractivity contribution < 1.29 is 14.7 Å². The Labute approximate surface area is 102 Å². The minimum atomic E-state index is -1.00. The Bertz CT molecular complexity index is 244. The van der Waals surface area contributed by atoms with Gasteiger partial charge in [0.2, 0.25) is 0 Å². The highest BCUT2D eigenvalue weighted by Crippen LogP contribution is 1.91. The average molecular weight is 245 g/mol. The highest BCUT2D eigenvalue weighted by atomic mass is 16.4. The van der Waals surface area contributed by atoms with Crippen molar-refractivity contribution in [1.82, 2.24) is 15.5 Å². The fourth-order valence-electron chi connectivity index (χ4n) is 1.30. The zero-order chi connectivity index (χ0) is 13.3. The summed E-state index contributed by atoms with van der Waals surface area (Å²) in [6.45, 7) is 3.27. The first-order valence-corrected chi connectivity index (χ1v) is 5.89. The Morgan fingerprint density at radius 2 is 1.94 bits per heavy atom. The number of hydrogen-bond acceptors (Lipinski definition) is 3. The van der Waals surface area contributed by atoms with E-state index in [9.17, 15) is 9.59 Å². The molecule has 1 unspecified atom stereocenters. The van der Waals surface area contributed by atoms with Crippen LogP contribution >= 0.6 is 0 Å². The van der Waals surface area contributed by atoms with Crippen LogP contribution in [0.15, 0.2) is 0 Å². The molecule has 17 heavy (non-hydrogen) atoms. The second-order valence-electron chi connectivity index (χ2n) is 4.21. The molecule has 100 valence electrons. The molecule has 0 spiro atoms. The Morgan fingerprint density at radius 3 is 2.41 bits per heavy atom. The van der Waals surface area contributed by atoms with Crippen molar-refractivity contribution in [2.45, 2.75) is 32.2 Å². The molecule has 0 aromatic rings. The van der Waals surface area contributed by atoms with E-state index in [1.165, 1.54) is 0 Å². The lowest BCUT2D eigenvalue weighted by Gasteiger charge is -2.13. The SMILES string of the molecule is CCC(NC(=O)NCCCCN(C)C)C(=O)O. The van der Waals surface area contributed by atoms with Crippen molar-refractivity contribution in [3.8, 4) is 0 Å². The molecule has 6 nitrogen and oxygen atoms in total. The number of carboxylic acid groups (broad SMARTS) is 1. The van der Waals surface area contributed by atoms with Gasteiger partial charge in [-0.05, 0) is 39.9 Å². The van der Waals surface area contributed by atoms with Gasteiger partial charge >= 0.3 is 12.0 Å². The van der Waals surface area contributed by atoms with Crippen LogP contribution < -0.4 is 10.6 Å². The molecular formula is C11H23N3O3. The quantitative estimate of drug-likeness (QED) is 0.544. The molecule has 0 heterocycles. The van der Waals surface area contributed by atoms with E-state index in [1.807, 2.05) is 14.1 Å². The Kier molecular flexibility index (Phi) is 8.13. The number of hydrogen-bond donors (Lipinski definition) is 3. The summed E-state index contributed by atoms with van der Waals surface area (Å²) in [5, 5.41) is 13.8. The van der Waals surface area contributed by atoms with Gasteiger partial charge in [-0.15, -0.1) is 0 Å². The molecule has 0 aliphatic heterocycles. The molecule has 6 heteroatoms. The van der Waals surface area contributed by atoms with E-state index in [4.69, 9.17) is 5.11 Å². The van der Waals surface area contributed by atoms with Crippen LogP contribution in [-0.4, -0.2) is 55.2 Å². The molecule has 0 aliphatic rings. The number of unbranched alkanes of at least 4 members (excludes halogenated alkanes) is 1. The summed E-state index contributed by atoms with van der Waals surface area (Å²) in [5.74, 6) is -1.00. The molecule has 0 bridgehead atoms. The maximum atomic E-state index is 11.3. The molecule has 0 saturated heterocycles. The second kappa shape index (κ2) is 8.81. The van der Waals surface area contributed by atoms with Crippen molar-refractivity contribution in [3.63, 3.8) is 0 Å². The molecule has 0 aliphatic carbocycles. The zero-order valence-corrected chi connectivity index (χ0v) is 10.8. The Balaban J connectivity index is 3.62. The summed E-state index contributed by atoms with van der Waals surface area (Å²) in [4.78, 5) is 24.1. The number of nitrogens with zero attached hydrogens (tertiary/aromatic N) is 1. The van der Waals surface area contributed by atoms with Crippen LogP contribution in [0, 0.1) is 0 Å². The summed E-state index contributed by atoms with van der Waals surface area (Å²) in [7, 11) is 4.00. The maximum Gasteiger partial charge on any atom is 0.326 e. The fourth-order valence-corrected chi connectivity index (χ4v) is 1.30. The molecular weight excluding hydrogens is 222 g/mol. The summed E-state index contributed by atoms with van der Waals surface area (Å²) in [6, 6.07) is -1.22. The van der Waals surface area contributed by atoms with Gasteiger partial charge in [0.25, 0.3) is 0 Å². The van der Waals surface area contributed by atoms with Gasteiger partial charge in [0.15, 0.2) is 0 Å². The molecule has 0 fully saturated rings. The van der Waals surface area contributed by atoms with Crippen molar-refractivity contribution in [1.29, 1.82) is 0 Å². The third-order valence-corrected chi connectivity index (χ3v) is 2.33. The maximum absolute atomic E-state index is 11.3. The molecule has 2 amide bonds. The molecule has 0 aromatic carbocycles. The number of carbonyl (C=O) groups excluding carboxylic acids is 1. The fraction of sp³-hybridized carbons (Fsp3) is 0.818. The standard InChI is InChI=1S/C11H23N3O3/c1-4-9(10(15)16)13-11(17)12-7-5-6-8-14(2)3/h9H,4-8H2,1-3H3,(H,15,16)(H2,12,13,17). The van der Waals surface area contributed by atoms with Crippen LogP contribution in [0.3, 0.4) is 0 Å². The lowest BCUT2D eigenvalue weighted by molar-refractivity contribution is -0.139. The van der Waals surface area contributed by atoms with E-state index in [2.05, 4.69) is 15.5 Å². The van der Waals surface area contributed by atoms with Gasteiger partial charge in [-0.3, -0.25) is 0 Å². The summed E-state index contributed by atoms with van der Waals surface area (Å²) < 4.78 is 0. The number of carbonyl (C=O) groups is 2. The first-order valence-electron chi connectivity index (χ1n) is 5.89. The van der Waals surface area contributed by atoms with Crippen LogP contribution in [0.4, 0.5) is 4.79 Å². The van der Waals surface area contributed by atoms with Gasteiger partial charge in [-0.1, -0.05) is 6.92 Å². The van der Waals surface area contributed by atoms with Crippen molar-refractivity contribution >= 4 is 12.0 Å². The predicted octanol–water partition coefficient (Wildman–Crippen LogP) is 0.491. The van der Waals surface area contributed by atoms with Crippen LogP contribution in [-0.2, 0) is 4.79 Å². The van der Waals surface area contributed by atoms with Crippen molar-refractivity contribution in [2.24, 2.45) is 0 Å². The van der Waals surface area contributed by atoms with E-state index in [-0.39, 0.29) is 0 Å². The van der Waals surface area contributed by atoms with Crippen LogP contribution in [0.5, 0.6) is 0 Å². The number of nitrogens with one attached hydrogen (secondary N) is 2. The monoisotopic (exact) mass is 245 g/mol. The molecule has 0 rings (SSSR count). The van der Waals surface area contributed by atoms with Crippen LogP contribution in [0.1, 0.15) is 26.2 Å². The molecule has 1 atom stereocenters. The molecule has 0 radical (unpaired) electrons. The van der Waals surface area contributed by atoms with Gasteiger partial charge in [-0.25, -0.2) is 9.59 Å². The van der Waals surface area contributed by atoms with Gasteiger partial charge in [0.1, 0.15) is 6.04 Å². The van der Waals surface area contributed by atoms with E-state index in [1.54, 1.807) is 6.92 Å². The molecule has 0 saturated carbocycles. The number of aliphatic carboxylic acids is 1. The smallest absolute Gasteiger partial charge is 0.326 e. The topological polar surface area (TPSA) is 81.7 Å². The first-order chi connectivity index (χ1) is 7.97. The third kappa shape index (κ3) is 8.50. The second-order valence-corrected chi connectivity index (χ2v) is 4.21.